The van der Waals surface area contributed by atoms with Crippen LogP contribution < -0.4 is 14.8 Å². The first-order valence-corrected chi connectivity index (χ1v) is 8.80. The van der Waals surface area contributed by atoms with Crippen LogP contribution >= 0.6 is 0 Å². The Bertz CT molecular complexity index is 773. The molecule has 0 heterocycles. The van der Waals surface area contributed by atoms with E-state index in [2.05, 4.69) is 5.32 Å². The SMILES string of the molecule is COc1cc(C(=O)NCC(Cc2ccccc2)C(=O)O)ccc1OC(C)C. The second-order valence-electron chi connectivity index (χ2n) is 6.47. The highest BCUT2D eigenvalue weighted by Gasteiger charge is 2.20. The Hall–Kier alpha value is -3.02. The summed E-state index contributed by atoms with van der Waals surface area (Å²) in [4.78, 5) is 23.9. The minimum atomic E-state index is -0.947. The molecule has 2 N–H and O–H groups in total. The van der Waals surface area contributed by atoms with Gasteiger partial charge in [-0.25, -0.2) is 0 Å². The van der Waals surface area contributed by atoms with Crippen LogP contribution in [0.4, 0.5) is 0 Å². The van der Waals surface area contributed by atoms with Gasteiger partial charge in [-0.1, -0.05) is 30.3 Å². The first-order valence-electron chi connectivity index (χ1n) is 8.80. The molecule has 6 nitrogen and oxygen atoms in total. The molecule has 6 heteroatoms. The smallest absolute Gasteiger partial charge is 0.308 e. The Morgan fingerprint density at radius 3 is 2.37 bits per heavy atom. The van der Waals surface area contributed by atoms with Crippen LogP contribution in [0.15, 0.2) is 48.5 Å². The maximum absolute atomic E-state index is 12.4. The number of carboxylic acids is 1. The summed E-state index contributed by atoms with van der Waals surface area (Å²) in [5.41, 5.74) is 1.29. The van der Waals surface area contributed by atoms with Crippen LogP contribution in [-0.2, 0) is 11.2 Å². The second kappa shape index (κ2) is 9.62. The van der Waals surface area contributed by atoms with E-state index in [1.165, 1.54) is 7.11 Å². The predicted octanol–water partition coefficient (Wildman–Crippen LogP) is 3.16. The minimum Gasteiger partial charge on any atom is -0.493 e. The largest absolute Gasteiger partial charge is 0.493 e. The first kappa shape index (κ1) is 20.3. The summed E-state index contributed by atoms with van der Waals surface area (Å²) in [5.74, 6) is -1.00. The molecule has 0 saturated heterocycles. The average molecular weight is 371 g/mol. The number of rotatable bonds is 9. The van der Waals surface area contributed by atoms with Gasteiger partial charge >= 0.3 is 5.97 Å². The molecular weight excluding hydrogens is 346 g/mol. The van der Waals surface area contributed by atoms with Gasteiger partial charge in [0.25, 0.3) is 5.91 Å². The van der Waals surface area contributed by atoms with Gasteiger partial charge in [-0.2, -0.15) is 0 Å². The number of hydrogen-bond donors (Lipinski definition) is 2. The van der Waals surface area contributed by atoms with E-state index in [1.54, 1.807) is 18.2 Å². The van der Waals surface area contributed by atoms with Gasteiger partial charge < -0.3 is 19.9 Å². The second-order valence-corrected chi connectivity index (χ2v) is 6.47. The molecule has 2 aromatic rings. The van der Waals surface area contributed by atoms with Crippen molar-refractivity contribution in [2.75, 3.05) is 13.7 Å². The van der Waals surface area contributed by atoms with Crippen molar-refractivity contribution in [1.82, 2.24) is 5.32 Å². The van der Waals surface area contributed by atoms with Crippen LogP contribution in [0.3, 0.4) is 0 Å². The molecule has 1 atom stereocenters. The molecule has 0 saturated carbocycles. The topological polar surface area (TPSA) is 84.9 Å². The van der Waals surface area contributed by atoms with Gasteiger partial charge in [-0.3, -0.25) is 9.59 Å². The standard InChI is InChI=1S/C21H25NO5/c1-14(2)27-18-10-9-16(12-19(18)26-3)20(23)22-13-17(21(24)25)11-15-7-5-4-6-8-15/h4-10,12,14,17H,11,13H2,1-3H3,(H,22,23)(H,24,25). The molecule has 0 bridgehead atoms. The van der Waals surface area contributed by atoms with Crippen molar-refractivity contribution in [3.05, 3.63) is 59.7 Å². The summed E-state index contributed by atoms with van der Waals surface area (Å²) >= 11 is 0. The summed E-state index contributed by atoms with van der Waals surface area (Å²) in [6.07, 6.45) is 0.328. The van der Waals surface area contributed by atoms with Gasteiger partial charge in [0.1, 0.15) is 0 Å². The van der Waals surface area contributed by atoms with Crippen LogP contribution in [0.1, 0.15) is 29.8 Å². The van der Waals surface area contributed by atoms with Crippen LogP contribution in [0, 0.1) is 5.92 Å². The van der Waals surface area contributed by atoms with E-state index < -0.39 is 11.9 Å². The van der Waals surface area contributed by atoms with Gasteiger partial charge in [0, 0.05) is 12.1 Å². The summed E-state index contributed by atoms with van der Waals surface area (Å²) in [5, 5.41) is 12.1. The molecule has 0 aliphatic rings. The van der Waals surface area contributed by atoms with E-state index >= 15 is 0 Å². The Balaban J connectivity index is 2.03. The van der Waals surface area contributed by atoms with Crippen LogP contribution in [0.2, 0.25) is 0 Å². The lowest BCUT2D eigenvalue weighted by atomic mass is 9.99. The molecule has 2 aromatic carbocycles. The van der Waals surface area contributed by atoms with Crippen molar-refractivity contribution in [2.45, 2.75) is 26.4 Å². The maximum Gasteiger partial charge on any atom is 0.308 e. The number of hydrogen-bond acceptors (Lipinski definition) is 4. The Kier molecular flexibility index (Phi) is 7.23. The van der Waals surface area contributed by atoms with Crippen molar-refractivity contribution in [3.8, 4) is 11.5 Å². The molecule has 0 aromatic heterocycles. The van der Waals surface area contributed by atoms with Gasteiger partial charge in [-0.15, -0.1) is 0 Å². The number of carbonyl (C=O) groups excluding carboxylic acids is 1. The molecule has 2 rings (SSSR count). The lowest BCUT2D eigenvalue weighted by Gasteiger charge is -2.16. The van der Waals surface area contributed by atoms with Gasteiger partial charge in [0.2, 0.25) is 0 Å². The van der Waals surface area contributed by atoms with Gasteiger partial charge in [-0.05, 0) is 44.0 Å². The Morgan fingerprint density at radius 2 is 1.78 bits per heavy atom. The lowest BCUT2D eigenvalue weighted by molar-refractivity contribution is -0.141. The third-order valence-corrected chi connectivity index (χ3v) is 3.97. The van der Waals surface area contributed by atoms with Crippen molar-refractivity contribution >= 4 is 11.9 Å². The highest BCUT2D eigenvalue weighted by molar-refractivity contribution is 5.95. The summed E-state index contributed by atoms with van der Waals surface area (Å²) in [6.45, 7) is 3.84. The normalized spacial score (nSPS) is 11.7. The Labute approximate surface area is 159 Å². The number of carboxylic acid groups (broad SMARTS) is 1. The zero-order chi connectivity index (χ0) is 19.8. The third-order valence-electron chi connectivity index (χ3n) is 3.97. The van der Waals surface area contributed by atoms with Crippen LogP contribution in [-0.4, -0.2) is 36.7 Å². The van der Waals surface area contributed by atoms with Crippen LogP contribution in [0.25, 0.3) is 0 Å². The molecule has 1 amide bonds. The van der Waals surface area contributed by atoms with E-state index in [0.717, 1.165) is 5.56 Å². The quantitative estimate of drug-likeness (QED) is 0.707. The maximum atomic E-state index is 12.4. The zero-order valence-electron chi connectivity index (χ0n) is 15.8. The molecule has 0 fully saturated rings. The number of methoxy groups -OCH3 is 1. The van der Waals surface area contributed by atoms with E-state index in [-0.39, 0.29) is 18.6 Å². The average Bonchev–Trinajstić information content (AvgIpc) is 2.65. The van der Waals surface area contributed by atoms with E-state index in [0.29, 0.717) is 23.5 Å². The highest BCUT2D eigenvalue weighted by atomic mass is 16.5. The zero-order valence-corrected chi connectivity index (χ0v) is 15.8. The fraction of sp³-hybridized carbons (Fsp3) is 0.333. The minimum absolute atomic E-state index is 0.0205. The van der Waals surface area contributed by atoms with Crippen molar-refractivity contribution in [2.24, 2.45) is 5.92 Å². The highest BCUT2D eigenvalue weighted by Crippen LogP contribution is 2.29. The summed E-state index contributed by atoms with van der Waals surface area (Å²) in [6, 6.07) is 14.2. The van der Waals surface area contributed by atoms with Crippen molar-refractivity contribution in [1.29, 1.82) is 0 Å². The summed E-state index contributed by atoms with van der Waals surface area (Å²) < 4.78 is 10.9. The number of carbonyl (C=O) groups is 2. The molecule has 0 aliphatic carbocycles. The number of nitrogens with one attached hydrogen (secondary N) is 1. The molecule has 0 spiro atoms. The van der Waals surface area contributed by atoms with Gasteiger partial charge in [0.15, 0.2) is 11.5 Å². The van der Waals surface area contributed by atoms with E-state index in [1.807, 2.05) is 44.2 Å². The lowest BCUT2D eigenvalue weighted by Crippen LogP contribution is -2.34. The first-order chi connectivity index (χ1) is 12.9. The fourth-order valence-corrected chi connectivity index (χ4v) is 2.62. The number of amides is 1. The molecule has 144 valence electrons. The number of benzene rings is 2. The molecule has 1 unspecified atom stereocenters. The van der Waals surface area contributed by atoms with Gasteiger partial charge in [0.05, 0.1) is 19.1 Å². The van der Waals surface area contributed by atoms with Crippen LogP contribution in [0.5, 0.6) is 11.5 Å². The molecule has 0 aliphatic heterocycles. The third kappa shape index (κ3) is 6.02. The van der Waals surface area contributed by atoms with Crippen molar-refractivity contribution < 1.29 is 24.2 Å². The molecule has 0 radical (unpaired) electrons. The number of aliphatic carboxylic acids is 1. The Morgan fingerprint density at radius 1 is 1.07 bits per heavy atom. The van der Waals surface area contributed by atoms with E-state index in [9.17, 15) is 14.7 Å². The molecular formula is C21H25NO5. The summed E-state index contributed by atoms with van der Waals surface area (Å²) in [7, 11) is 1.50. The van der Waals surface area contributed by atoms with Crippen molar-refractivity contribution in [3.63, 3.8) is 0 Å². The molecule has 27 heavy (non-hydrogen) atoms. The fourth-order valence-electron chi connectivity index (χ4n) is 2.62. The predicted molar refractivity (Wildman–Crippen MR) is 102 cm³/mol. The van der Waals surface area contributed by atoms with E-state index in [4.69, 9.17) is 9.47 Å². The monoisotopic (exact) mass is 371 g/mol. The number of ether oxygens (including phenoxy) is 2.